The number of nitrogens with one attached hydrogen (secondary N) is 1. The van der Waals surface area contributed by atoms with Gasteiger partial charge in [-0.2, -0.15) is 0 Å². The Bertz CT molecular complexity index is 366. The molecule has 1 aliphatic heterocycles. The van der Waals surface area contributed by atoms with Crippen LogP contribution in [-0.2, 0) is 6.42 Å². The highest BCUT2D eigenvalue weighted by molar-refractivity contribution is 5.25. The highest BCUT2D eigenvalue weighted by atomic mass is 15.2. The predicted molar refractivity (Wildman–Crippen MR) is 87.1 cm³/mol. The van der Waals surface area contributed by atoms with E-state index >= 15 is 0 Å². The van der Waals surface area contributed by atoms with Crippen molar-refractivity contribution in [3.63, 3.8) is 0 Å². The van der Waals surface area contributed by atoms with Gasteiger partial charge in [0.2, 0.25) is 0 Å². The van der Waals surface area contributed by atoms with Gasteiger partial charge in [-0.15, -0.1) is 0 Å². The van der Waals surface area contributed by atoms with Crippen LogP contribution in [0.15, 0.2) is 24.3 Å². The van der Waals surface area contributed by atoms with Gasteiger partial charge < -0.3 is 5.32 Å². The fourth-order valence-electron chi connectivity index (χ4n) is 3.12. The van der Waals surface area contributed by atoms with E-state index < -0.39 is 0 Å². The molecule has 0 saturated carbocycles. The lowest BCUT2D eigenvalue weighted by Crippen LogP contribution is -2.45. The van der Waals surface area contributed by atoms with Crippen LogP contribution in [0.4, 0.5) is 0 Å². The first-order valence-electron chi connectivity index (χ1n) is 8.38. The number of unbranched alkanes of at least 4 members (excludes halogenated alkanes) is 2. The molecule has 0 spiro atoms. The molecule has 1 saturated heterocycles. The Balaban J connectivity index is 2.06. The van der Waals surface area contributed by atoms with E-state index in [1.54, 1.807) is 0 Å². The highest BCUT2D eigenvalue weighted by Crippen LogP contribution is 2.27. The summed E-state index contributed by atoms with van der Waals surface area (Å²) in [6.07, 6.45) is 6.45. The summed E-state index contributed by atoms with van der Waals surface area (Å²) in [6.45, 7) is 9.16. The Morgan fingerprint density at radius 3 is 2.35 bits per heavy atom. The number of nitrogens with zero attached hydrogens (tertiary/aromatic N) is 1. The van der Waals surface area contributed by atoms with E-state index in [1.165, 1.54) is 49.9 Å². The minimum Gasteiger partial charge on any atom is -0.314 e. The largest absolute Gasteiger partial charge is 0.314 e. The van der Waals surface area contributed by atoms with Crippen LogP contribution in [0, 0.1) is 0 Å². The lowest BCUT2D eigenvalue weighted by atomic mass is 9.97. The summed E-state index contributed by atoms with van der Waals surface area (Å²) in [6, 6.07) is 9.96. The number of hydrogen-bond acceptors (Lipinski definition) is 2. The first-order chi connectivity index (χ1) is 9.85. The van der Waals surface area contributed by atoms with Gasteiger partial charge in [-0.25, -0.2) is 0 Å². The Morgan fingerprint density at radius 1 is 1.05 bits per heavy atom. The van der Waals surface area contributed by atoms with Crippen LogP contribution >= 0.6 is 0 Å². The van der Waals surface area contributed by atoms with Crippen molar-refractivity contribution in [2.24, 2.45) is 0 Å². The predicted octanol–water partition coefficient (Wildman–Crippen LogP) is 3.78. The van der Waals surface area contributed by atoms with Gasteiger partial charge in [0.15, 0.2) is 0 Å². The maximum absolute atomic E-state index is 3.46. The molecule has 0 unspecified atom stereocenters. The van der Waals surface area contributed by atoms with Crippen molar-refractivity contribution in [2.45, 2.75) is 52.0 Å². The van der Waals surface area contributed by atoms with Crippen LogP contribution in [-0.4, -0.2) is 31.1 Å². The first kappa shape index (κ1) is 15.5. The summed E-state index contributed by atoms with van der Waals surface area (Å²) >= 11 is 0. The smallest absolute Gasteiger partial charge is 0.0349 e. The molecule has 1 aromatic carbocycles. The second-order valence-electron chi connectivity index (χ2n) is 5.89. The zero-order chi connectivity index (χ0) is 14.2. The zero-order valence-electron chi connectivity index (χ0n) is 13.2. The average Bonchev–Trinajstić information content (AvgIpc) is 2.53. The van der Waals surface area contributed by atoms with E-state index in [-0.39, 0.29) is 0 Å². The maximum Gasteiger partial charge on any atom is 0.0349 e. The van der Waals surface area contributed by atoms with Crippen LogP contribution in [0.3, 0.4) is 0 Å². The number of piperazine rings is 1. The summed E-state index contributed by atoms with van der Waals surface area (Å²) in [7, 11) is 0. The summed E-state index contributed by atoms with van der Waals surface area (Å²) in [5, 5.41) is 3.46. The normalized spacial score (nSPS) is 18.1. The van der Waals surface area contributed by atoms with E-state index in [4.69, 9.17) is 0 Å². The van der Waals surface area contributed by atoms with Crippen LogP contribution < -0.4 is 5.32 Å². The van der Waals surface area contributed by atoms with Gasteiger partial charge in [0.25, 0.3) is 0 Å². The molecule has 0 bridgehead atoms. The molecule has 2 nitrogen and oxygen atoms in total. The van der Waals surface area contributed by atoms with Crippen LogP contribution in [0.5, 0.6) is 0 Å². The van der Waals surface area contributed by atoms with Crippen molar-refractivity contribution in [1.82, 2.24) is 10.2 Å². The molecular formula is C18H30N2. The second kappa shape index (κ2) is 8.43. The van der Waals surface area contributed by atoms with Crippen molar-refractivity contribution in [2.75, 3.05) is 26.2 Å². The van der Waals surface area contributed by atoms with E-state index in [2.05, 4.69) is 48.3 Å². The van der Waals surface area contributed by atoms with Gasteiger partial charge in [0, 0.05) is 32.2 Å². The van der Waals surface area contributed by atoms with Crippen LogP contribution in [0.1, 0.15) is 56.7 Å². The van der Waals surface area contributed by atoms with Gasteiger partial charge in [-0.1, -0.05) is 57.4 Å². The fraction of sp³-hybridized carbons (Fsp3) is 0.667. The minimum absolute atomic E-state index is 0.620. The van der Waals surface area contributed by atoms with Crippen molar-refractivity contribution < 1.29 is 0 Å². The minimum atomic E-state index is 0.620. The molecule has 0 radical (unpaired) electrons. The van der Waals surface area contributed by atoms with E-state index in [9.17, 15) is 0 Å². The van der Waals surface area contributed by atoms with Crippen molar-refractivity contribution in [1.29, 1.82) is 0 Å². The molecule has 112 valence electrons. The van der Waals surface area contributed by atoms with E-state index in [1.807, 2.05) is 0 Å². The van der Waals surface area contributed by atoms with Crippen molar-refractivity contribution in [3.8, 4) is 0 Å². The van der Waals surface area contributed by atoms with Gasteiger partial charge in [0.1, 0.15) is 0 Å². The van der Waals surface area contributed by atoms with Gasteiger partial charge in [-0.05, 0) is 24.0 Å². The molecule has 0 amide bonds. The standard InChI is InChI=1S/C18H30N2/c1-3-5-6-7-18(20-14-12-19-13-15-20)17-10-8-16(4-2)9-11-17/h8-11,18-19H,3-7,12-15H2,1-2H3/t18-/m0/s1. The van der Waals surface area contributed by atoms with Crippen LogP contribution in [0.2, 0.25) is 0 Å². The quantitative estimate of drug-likeness (QED) is 0.761. The molecule has 1 N–H and O–H groups in total. The first-order valence-corrected chi connectivity index (χ1v) is 8.38. The zero-order valence-corrected chi connectivity index (χ0v) is 13.2. The Morgan fingerprint density at radius 2 is 1.75 bits per heavy atom. The van der Waals surface area contributed by atoms with Gasteiger partial charge in [0.05, 0.1) is 0 Å². The monoisotopic (exact) mass is 274 g/mol. The summed E-state index contributed by atoms with van der Waals surface area (Å²) in [5.74, 6) is 0. The van der Waals surface area contributed by atoms with E-state index in [0.29, 0.717) is 6.04 Å². The third-order valence-electron chi connectivity index (χ3n) is 4.45. The average molecular weight is 274 g/mol. The molecule has 2 heteroatoms. The Hall–Kier alpha value is -0.860. The number of rotatable bonds is 7. The molecular weight excluding hydrogens is 244 g/mol. The summed E-state index contributed by atoms with van der Waals surface area (Å²) in [5.41, 5.74) is 2.96. The topological polar surface area (TPSA) is 15.3 Å². The Labute approximate surface area is 124 Å². The third-order valence-corrected chi connectivity index (χ3v) is 4.45. The number of benzene rings is 1. The molecule has 0 aliphatic carbocycles. The number of aryl methyl sites for hydroxylation is 1. The Kier molecular flexibility index (Phi) is 6.55. The number of hydrogen-bond donors (Lipinski definition) is 1. The fourth-order valence-corrected chi connectivity index (χ4v) is 3.12. The molecule has 20 heavy (non-hydrogen) atoms. The molecule has 1 atom stereocenters. The molecule has 1 heterocycles. The summed E-state index contributed by atoms with van der Waals surface area (Å²) < 4.78 is 0. The molecule has 1 aliphatic rings. The molecule has 1 fully saturated rings. The SMILES string of the molecule is CCCCC[C@@H](c1ccc(CC)cc1)N1CCNCC1. The van der Waals surface area contributed by atoms with E-state index in [0.717, 1.165) is 19.5 Å². The molecule has 2 rings (SSSR count). The third kappa shape index (κ3) is 4.32. The second-order valence-corrected chi connectivity index (χ2v) is 5.89. The lowest BCUT2D eigenvalue weighted by Gasteiger charge is -2.35. The highest BCUT2D eigenvalue weighted by Gasteiger charge is 2.21. The molecule has 1 aromatic rings. The van der Waals surface area contributed by atoms with Crippen LogP contribution in [0.25, 0.3) is 0 Å². The van der Waals surface area contributed by atoms with Crippen molar-refractivity contribution in [3.05, 3.63) is 35.4 Å². The van der Waals surface area contributed by atoms with Gasteiger partial charge >= 0.3 is 0 Å². The van der Waals surface area contributed by atoms with Gasteiger partial charge in [-0.3, -0.25) is 4.90 Å². The maximum atomic E-state index is 3.46. The van der Waals surface area contributed by atoms with Crippen molar-refractivity contribution >= 4 is 0 Å². The lowest BCUT2D eigenvalue weighted by molar-refractivity contribution is 0.162. The summed E-state index contributed by atoms with van der Waals surface area (Å²) in [4.78, 5) is 2.67. The molecule has 0 aromatic heterocycles.